The van der Waals surface area contributed by atoms with E-state index in [9.17, 15) is 40.2 Å². The topological polar surface area (TPSA) is 287 Å². The number of nitrogens with one attached hydrogen (secondary N) is 2. The van der Waals surface area contributed by atoms with E-state index in [2.05, 4.69) is 10.6 Å². The molecule has 0 aromatic heterocycles. The lowest BCUT2D eigenvalue weighted by atomic mass is 9.83. The normalized spacial score (nSPS) is 40.8. The molecule has 2 aliphatic heterocycles. The number of aliphatic hydroxyl groups excluding tert-OH is 6. The number of alkyl carbamates (subject to hydrolysis) is 1. The van der Waals surface area contributed by atoms with E-state index in [0.29, 0.717) is 0 Å². The largest absolute Gasteiger partial charge is 0.445 e. The molecular formula is C29H46N4O14. The Bertz CT molecular complexity index is 1160. The van der Waals surface area contributed by atoms with E-state index in [0.717, 1.165) is 5.56 Å². The summed E-state index contributed by atoms with van der Waals surface area (Å²) >= 11 is 0. The molecule has 1 aliphatic carbocycles. The molecule has 1 aromatic carbocycles. The highest BCUT2D eigenvalue weighted by atomic mass is 16.7. The van der Waals surface area contributed by atoms with Crippen molar-refractivity contribution in [2.24, 2.45) is 11.5 Å². The number of aliphatic hydroxyl groups is 6. The molecule has 4 rings (SSSR count). The van der Waals surface area contributed by atoms with E-state index in [1.165, 1.54) is 14.0 Å². The number of carbonyl (C=O) groups excluding carboxylic acids is 2. The van der Waals surface area contributed by atoms with Crippen LogP contribution in [-0.4, -0.2) is 155 Å². The number of methoxy groups -OCH3 is 1. The maximum Gasteiger partial charge on any atom is 0.407 e. The van der Waals surface area contributed by atoms with Crippen LogP contribution in [0, 0.1) is 0 Å². The summed E-state index contributed by atoms with van der Waals surface area (Å²) in [5, 5.41) is 69.4. The Labute approximate surface area is 270 Å². The molecule has 47 heavy (non-hydrogen) atoms. The Hall–Kier alpha value is -2.56. The quantitative estimate of drug-likeness (QED) is 0.106. The molecular weight excluding hydrogens is 628 g/mol. The van der Waals surface area contributed by atoms with Gasteiger partial charge in [0.1, 0.15) is 67.6 Å². The van der Waals surface area contributed by atoms with Crippen LogP contribution in [0.1, 0.15) is 18.9 Å². The fraction of sp³-hybridized carbons (Fsp3) is 0.724. The molecule has 12 N–H and O–H groups in total. The van der Waals surface area contributed by atoms with Gasteiger partial charge < -0.3 is 81.2 Å². The second-order valence-corrected chi connectivity index (χ2v) is 11.9. The van der Waals surface area contributed by atoms with Gasteiger partial charge in [-0.15, -0.1) is 0 Å². The number of ether oxygens (including phenoxy) is 6. The highest BCUT2D eigenvalue weighted by Gasteiger charge is 2.52. The lowest BCUT2D eigenvalue weighted by Gasteiger charge is -2.48. The zero-order chi connectivity index (χ0) is 34.4. The van der Waals surface area contributed by atoms with E-state index in [1.54, 1.807) is 24.3 Å². The molecule has 2 heterocycles. The summed E-state index contributed by atoms with van der Waals surface area (Å²) in [6, 6.07) is 5.80. The number of benzene rings is 1. The van der Waals surface area contributed by atoms with Gasteiger partial charge in [-0.1, -0.05) is 30.3 Å². The molecule has 0 spiro atoms. The van der Waals surface area contributed by atoms with E-state index in [-0.39, 0.29) is 26.2 Å². The average Bonchev–Trinajstić information content (AvgIpc) is 3.04. The highest BCUT2D eigenvalue weighted by molar-refractivity contribution is 5.73. The first-order valence-corrected chi connectivity index (χ1v) is 15.2. The summed E-state index contributed by atoms with van der Waals surface area (Å²) in [6.07, 6.45) is -18.7. The Morgan fingerprint density at radius 3 is 2.15 bits per heavy atom. The van der Waals surface area contributed by atoms with Gasteiger partial charge in [-0.3, -0.25) is 4.79 Å². The van der Waals surface area contributed by atoms with E-state index < -0.39 is 104 Å². The second-order valence-electron chi connectivity index (χ2n) is 11.9. The van der Waals surface area contributed by atoms with Gasteiger partial charge in [-0.05, 0) is 12.0 Å². The lowest BCUT2D eigenvalue weighted by molar-refractivity contribution is -0.333. The standard InChI is InChI=1S/C29H46N4O14/c1-12(34)33-15-8-14(30)25(46-27-21(37)18(31)19(35)17(45-27)11-42-2)24(40)26(15)47-28-23(39)22(38)20(36)16(44-28)9-32-29(41)43-10-13-6-4-3-5-7-13/h3-7,14-28,35-40H,8-11,30-31H2,1-2H3,(H,32,41)(H,33,34)/t14-,15?,16?,17?,18?,19-,20-,21?,22?,23?,24?,25?,26-,27-,28-/m1/s1. The number of nitrogens with two attached hydrogens (primary N) is 2. The zero-order valence-electron chi connectivity index (χ0n) is 26.0. The number of carbonyl (C=O) groups is 2. The third-order valence-corrected chi connectivity index (χ3v) is 8.41. The monoisotopic (exact) mass is 674 g/mol. The van der Waals surface area contributed by atoms with Gasteiger partial charge in [0.2, 0.25) is 5.91 Å². The summed E-state index contributed by atoms with van der Waals surface area (Å²) < 4.78 is 33.4. The predicted octanol–water partition coefficient (Wildman–Crippen LogP) is -4.49. The van der Waals surface area contributed by atoms with Gasteiger partial charge in [0, 0.05) is 26.6 Å². The summed E-state index contributed by atoms with van der Waals surface area (Å²) in [4.78, 5) is 24.3. The average molecular weight is 675 g/mol. The summed E-state index contributed by atoms with van der Waals surface area (Å²) in [6.45, 7) is 0.773. The van der Waals surface area contributed by atoms with Gasteiger partial charge in [0.25, 0.3) is 0 Å². The van der Waals surface area contributed by atoms with Gasteiger partial charge in [-0.2, -0.15) is 0 Å². The van der Waals surface area contributed by atoms with Gasteiger partial charge in [0.05, 0.1) is 18.7 Å². The molecule has 3 fully saturated rings. The number of rotatable bonds is 11. The van der Waals surface area contributed by atoms with Crippen molar-refractivity contribution in [3.8, 4) is 0 Å². The first-order valence-electron chi connectivity index (χ1n) is 15.2. The summed E-state index contributed by atoms with van der Waals surface area (Å²) in [7, 11) is 1.38. The highest BCUT2D eigenvalue weighted by Crippen LogP contribution is 2.32. The second kappa shape index (κ2) is 16.7. The molecule has 18 heteroatoms. The van der Waals surface area contributed by atoms with Crippen LogP contribution in [0.25, 0.3) is 0 Å². The van der Waals surface area contributed by atoms with Crippen molar-refractivity contribution < 1.29 is 68.6 Å². The molecule has 2 saturated heterocycles. The van der Waals surface area contributed by atoms with Crippen LogP contribution in [0.4, 0.5) is 4.79 Å². The van der Waals surface area contributed by atoms with Crippen LogP contribution in [0.2, 0.25) is 0 Å². The number of amides is 2. The molecule has 15 atom stereocenters. The molecule has 1 saturated carbocycles. The fourth-order valence-electron chi connectivity index (χ4n) is 5.84. The van der Waals surface area contributed by atoms with Crippen molar-refractivity contribution in [2.45, 2.75) is 112 Å². The molecule has 3 aliphatic rings. The third-order valence-electron chi connectivity index (χ3n) is 8.41. The molecule has 2 amide bonds. The van der Waals surface area contributed by atoms with Crippen molar-refractivity contribution in [1.82, 2.24) is 10.6 Å². The van der Waals surface area contributed by atoms with Crippen molar-refractivity contribution in [1.29, 1.82) is 0 Å². The van der Waals surface area contributed by atoms with E-state index >= 15 is 0 Å². The number of hydrogen-bond acceptors (Lipinski definition) is 16. The molecule has 266 valence electrons. The van der Waals surface area contributed by atoms with Crippen LogP contribution in [0.3, 0.4) is 0 Å². The number of hydrogen-bond donors (Lipinski definition) is 10. The van der Waals surface area contributed by atoms with Gasteiger partial charge in [0.15, 0.2) is 12.6 Å². The first-order chi connectivity index (χ1) is 22.3. The fourth-order valence-corrected chi connectivity index (χ4v) is 5.84. The summed E-state index contributed by atoms with van der Waals surface area (Å²) in [5.41, 5.74) is 13.0. The maximum absolute atomic E-state index is 12.3. The molecule has 0 bridgehead atoms. The SMILES string of the molecule is COCC1O[C@H](OC2C(O)[C@H](O[C@H]3OC(CNC(=O)OCc4ccccc4)[C@@H](O)C(O)C3O)C(NC(C)=O)C[C@H]2N)C(O)C(N)[C@@H]1O. The molecule has 18 nitrogen and oxygen atoms in total. The van der Waals surface area contributed by atoms with Crippen LogP contribution in [0.15, 0.2) is 30.3 Å². The van der Waals surface area contributed by atoms with Gasteiger partial charge in [-0.25, -0.2) is 4.79 Å². The van der Waals surface area contributed by atoms with Crippen molar-refractivity contribution in [3.63, 3.8) is 0 Å². The van der Waals surface area contributed by atoms with Crippen molar-refractivity contribution >= 4 is 12.0 Å². The zero-order valence-corrected chi connectivity index (χ0v) is 26.0. The Balaban J connectivity index is 1.45. The maximum atomic E-state index is 12.3. The minimum absolute atomic E-state index is 0.0220. The summed E-state index contributed by atoms with van der Waals surface area (Å²) in [5.74, 6) is -0.493. The van der Waals surface area contributed by atoms with Crippen molar-refractivity contribution in [3.05, 3.63) is 35.9 Å². The smallest absolute Gasteiger partial charge is 0.407 e. The van der Waals surface area contributed by atoms with Crippen LogP contribution < -0.4 is 22.1 Å². The van der Waals surface area contributed by atoms with Crippen LogP contribution >= 0.6 is 0 Å². The molecule has 0 radical (unpaired) electrons. The van der Waals surface area contributed by atoms with E-state index in [4.69, 9.17) is 39.9 Å². The molecule has 1 aromatic rings. The Morgan fingerprint density at radius 1 is 0.851 bits per heavy atom. The predicted molar refractivity (Wildman–Crippen MR) is 158 cm³/mol. The Morgan fingerprint density at radius 2 is 1.49 bits per heavy atom. The van der Waals surface area contributed by atoms with Gasteiger partial charge >= 0.3 is 6.09 Å². The van der Waals surface area contributed by atoms with Crippen molar-refractivity contribution in [2.75, 3.05) is 20.3 Å². The van der Waals surface area contributed by atoms with Crippen LogP contribution in [0.5, 0.6) is 0 Å². The Kier molecular flexibility index (Phi) is 13.2. The van der Waals surface area contributed by atoms with Crippen LogP contribution in [-0.2, 0) is 39.8 Å². The molecule has 9 unspecified atom stereocenters. The minimum atomic E-state index is -1.83. The van der Waals surface area contributed by atoms with E-state index in [1.807, 2.05) is 6.07 Å². The lowest BCUT2D eigenvalue weighted by Crippen LogP contribution is -2.69. The minimum Gasteiger partial charge on any atom is -0.445 e. The first kappa shape index (κ1) is 37.3. The third kappa shape index (κ3) is 9.12.